The number of halogens is 1. The van der Waals surface area contributed by atoms with Crippen molar-refractivity contribution < 1.29 is 0 Å². The van der Waals surface area contributed by atoms with E-state index in [-0.39, 0.29) is 0 Å². The molecular weight excluding hydrogens is 284 g/mol. The highest BCUT2D eigenvalue weighted by Gasteiger charge is 2.15. The van der Waals surface area contributed by atoms with Crippen LogP contribution in [0.2, 0.25) is 5.02 Å². The molecule has 0 radical (unpaired) electrons. The Morgan fingerprint density at radius 1 is 1.00 bits per heavy atom. The molecule has 0 aliphatic carbocycles. The number of hydrazone groups is 1. The lowest BCUT2D eigenvalue weighted by Gasteiger charge is -2.33. The number of aromatic nitrogens is 1. The number of benzene rings is 1. The molecule has 0 spiro atoms. The molecule has 21 heavy (non-hydrogen) atoms. The lowest BCUT2D eigenvalue weighted by atomic mass is 10.2. The van der Waals surface area contributed by atoms with E-state index in [1.54, 1.807) is 0 Å². The molecule has 1 aromatic carbocycles. The molecule has 5 heteroatoms. The molecule has 0 N–H and O–H groups in total. The van der Waals surface area contributed by atoms with Crippen LogP contribution in [-0.4, -0.2) is 42.4 Å². The van der Waals surface area contributed by atoms with Gasteiger partial charge in [-0.25, -0.2) is 4.98 Å². The molecule has 1 aliphatic rings. The normalized spacial score (nSPS) is 15.7. The average Bonchev–Trinajstić information content (AvgIpc) is 2.56. The summed E-state index contributed by atoms with van der Waals surface area (Å²) in [6.45, 7) is 3.69. The standard InChI is InChI=1S/C16H17ClN4/c17-15-6-4-14(5-7-15)13-19-21-11-9-20(10-12-21)16-3-1-2-8-18-16/h1-8,13H,9-12H2. The van der Waals surface area contributed by atoms with Crippen molar-refractivity contribution >= 4 is 23.6 Å². The predicted octanol–water partition coefficient (Wildman–Crippen LogP) is 2.89. The van der Waals surface area contributed by atoms with Crippen molar-refractivity contribution in [3.8, 4) is 0 Å². The molecule has 2 heterocycles. The van der Waals surface area contributed by atoms with Gasteiger partial charge >= 0.3 is 0 Å². The second-order valence-corrected chi connectivity index (χ2v) is 5.36. The third-order valence-corrected chi connectivity index (χ3v) is 3.72. The molecule has 1 aromatic heterocycles. The molecule has 1 saturated heterocycles. The van der Waals surface area contributed by atoms with Crippen LogP contribution in [0.5, 0.6) is 0 Å². The Labute approximate surface area is 129 Å². The van der Waals surface area contributed by atoms with Crippen molar-refractivity contribution in [3.05, 3.63) is 59.2 Å². The van der Waals surface area contributed by atoms with E-state index >= 15 is 0 Å². The fourth-order valence-electron chi connectivity index (χ4n) is 2.28. The number of hydrogen-bond donors (Lipinski definition) is 0. The van der Waals surface area contributed by atoms with E-state index in [9.17, 15) is 0 Å². The summed E-state index contributed by atoms with van der Waals surface area (Å²) in [5.41, 5.74) is 1.06. The van der Waals surface area contributed by atoms with Crippen LogP contribution in [0.1, 0.15) is 5.56 Å². The Bertz CT molecular complexity index is 589. The largest absolute Gasteiger partial charge is 0.353 e. The van der Waals surface area contributed by atoms with E-state index in [0.717, 1.165) is 42.6 Å². The second kappa shape index (κ2) is 6.59. The first-order valence-corrected chi connectivity index (χ1v) is 7.39. The Morgan fingerprint density at radius 3 is 2.43 bits per heavy atom. The van der Waals surface area contributed by atoms with Crippen LogP contribution in [-0.2, 0) is 0 Å². The van der Waals surface area contributed by atoms with Crippen LogP contribution in [0.25, 0.3) is 0 Å². The number of piperazine rings is 1. The van der Waals surface area contributed by atoms with Gasteiger partial charge in [0.25, 0.3) is 0 Å². The minimum Gasteiger partial charge on any atom is -0.353 e. The fourth-order valence-corrected chi connectivity index (χ4v) is 2.40. The molecule has 0 bridgehead atoms. The average molecular weight is 301 g/mol. The smallest absolute Gasteiger partial charge is 0.128 e. The van der Waals surface area contributed by atoms with Gasteiger partial charge in [-0.1, -0.05) is 29.8 Å². The maximum absolute atomic E-state index is 5.87. The maximum Gasteiger partial charge on any atom is 0.128 e. The number of rotatable bonds is 3. The molecule has 0 amide bonds. The van der Waals surface area contributed by atoms with E-state index in [1.807, 2.05) is 54.9 Å². The Morgan fingerprint density at radius 2 is 1.76 bits per heavy atom. The first-order chi connectivity index (χ1) is 10.3. The minimum absolute atomic E-state index is 0.746. The molecule has 4 nitrogen and oxygen atoms in total. The van der Waals surface area contributed by atoms with Crippen LogP contribution in [0, 0.1) is 0 Å². The van der Waals surface area contributed by atoms with Gasteiger partial charge in [0.15, 0.2) is 0 Å². The Kier molecular flexibility index (Phi) is 4.36. The van der Waals surface area contributed by atoms with Gasteiger partial charge in [0.1, 0.15) is 5.82 Å². The van der Waals surface area contributed by atoms with Crippen molar-refractivity contribution in [2.75, 3.05) is 31.1 Å². The molecule has 0 atom stereocenters. The zero-order valence-electron chi connectivity index (χ0n) is 11.7. The van der Waals surface area contributed by atoms with Gasteiger partial charge in [0.05, 0.1) is 19.3 Å². The topological polar surface area (TPSA) is 31.7 Å². The van der Waals surface area contributed by atoms with Crippen LogP contribution in [0.4, 0.5) is 5.82 Å². The second-order valence-electron chi connectivity index (χ2n) is 4.92. The summed E-state index contributed by atoms with van der Waals surface area (Å²) in [5.74, 6) is 1.04. The van der Waals surface area contributed by atoms with Gasteiger partial charge in [0, 0.05) is 24.3 Å². The summed E-state index contributed by atoms with van der Waals surface area (Å²) >= 11 is 5.87. The van der Waals surface area contributed by atoms with Gasteiger partial charge < -0.3 is 4.90 Å². The number of pyridine rings is 1. The summed E-state index contributed by atoms with van der Waals surface area (Å²) < 4.78 is 0. The zero-order valence-corrected chi connectivity index (χ0v) is 12.4. The predicted molar refractivity (Wildman–Crippen MR) is 87.1 cm³/mol. The van der Waals surface area contributed by atoms with Gasteiger partial charge in [-0.15, -0.1) is 0 Å². The summed E-state index contributed by atoms with van der Waals surface area (Å²) in [6, 6.07) is 13.7. The van der Waals surface area contributed by atoms with E-state index in [1.165, 1.54) is 0 Å². The molecule has 108 valence electrons. The van der Waals surface area contributed by atoms with Gasteiger partial charge in [-0.3, -0.25) is 5.01 Å². The van der Waals surface area contributed by atoms with E-state index < -0.39 is 0 Å². The minimum atomic E-state index is 0.746. The Balaban J connectivity index is 1.55. The third kappa shape index (κ3) is 3.73. The van der Waals surface area contributed by atoms with Crippen LogP contribution < -0.4 is 4.90 Å². The van der Waals surface area contributed by atoms with Crippen LogP contribution in [0.3, 0.4) is 0 Å². The maximum atomic E-state index is 5.87. The van der Waals surface area contributed by atoms with Crippen molar-refractivity contribution in [1.82, 2.24) is 9.99 Å². The van der Waals surface area contributed by atoms with Gasteiger partial charge in [-0.05, 0) is 29.8 Å². The molecular formula is C16H17ClN4. The SMILES string of the molecule is Clc1ccc(C=NN2CCN(c3ccccn3)CC2)cc1. The molecule has 0 unspecified atom stereocenters. The van der Waals surface area contributed by atoms with Gasteiger partial charge in [-0.2, -0.15) is 5.10 Å². The molecule has 3 rings (SSSR count). The van der Waals surface area contributed by atoms with E-state index in [0.29, 0.717) is 0 Å². The number of anilines is 1. The fraction of sp³-hybridized carbons (Fsp3) is 0.250. The number of nitrogens with zero attached hydrogens (tertiary/aromatic N) is 4. The summed E-state index contributed by atoms with van der Waals surface area (Å²) in [7, 11) is 0. The first-order valence-electron chi connectivity index (χ1n) is 7.02. The summed E-state index contributed by atoms with van der Waals surface area (Å²) in [6.07, 6.45) is 3.72. The Hall–Kier alpha value is -2.07. The highest BCUT2D eigenvalue weighted by Crippen LogP contribution is 2.13. The third-order valence-electron chi connectivity index (χ3n) is 3.47. The molecule has 2 aromatic rings. The zero-order chi connectivity index (χ0) is 14.5. The van der Waals surface area contributed by atoms with E-state index in [2.05, 4.69) is 20.0 Å². The summed E-state index contributed by atoms with van der Waals surface area (Å²) in [4.78, 5) is 6.67. The summed E-state index contributed by atoms with van der Waals surface area (Å²) in [5, 5.41) is 7.37. The van der Waals surface area contributed by atoms with Crippen LogP contribution in [0.15, 0.2) is 53.8 Å². The molecule has 1 aliphatic heterocycles. The lowest BCUT2D eigenvalue weighted by Crippen LogP contribution is -2.44. The van der Waals surface area contributed by atoms with Crippen molar-refractivity contribution in [2.45, 2.75) is 0 Å². The van der Waals surface area contributed by atoms with Crippen molar-refractivity contribution in [3.63, 3.8) is 0 Å². The lowest BCUT2D eigenvalue weighted by molar-refractivity contribution is 0.271. The molecule has 0 saturated carbocycles. The van der Waals surface area contributed by atoms with Crippen molar-refractivity contribution in [1.29, 1.82) is 0 Å². The first kappa shape index (κ1) is 13.9. The van der Waals surface area contributed by atoms with Crippen molar-refractivity contribution in [2.24, 2.45) is 5.10 Å². The quantitative estimate of drug-likeness (QED) is 0.817. The van der Waals surface area contributed by atoms with Gasteiger partial charge in [0.2, 0.25) is 0 Å². The highest BCUT2D eigenvalue weighted by atomic mass is 35.5. The molecule has 1 fully saturated rings. The van der Waals surface area contributed by atoms with Crippen LogP contribution >= 0.6 is 11.6 Å². The van der Waals surface area contributed by atoms with E-state index in [4.69, 9.17) is 11.6 Å². The highest BCUT2D eigenvalue weighted by molar-refractivity contribution is 6.30. The number of hydrogen-bond acceptors (Lipinski definition) is 4. The monoisotopic (exact) mass is 300 g/mol.